The van der Waals surface area contributed by atoms with Crippen molar-refractivity contribution in [2.45, 2.75) is 189 Å². The van der Waals surface area contributed by atoms with Crippen LogP contribution in [-0.4, -0.2) is 22.2 Å². The van der Waals surface area contributed by atoms with E-state index in [4.69, 9.17) is 0 Å². The summed E-state index contributed by atoms with van der Waals surface area (Å²) >= 11 is 0. The van der Waals surface area contributed by atoms with Crippen LogP contribution in [-0.2, 0) is 0 Å². The Hall–Kier alpha value is -1.87. The molecule has 4 rings (SSSR count). The van der Waals surface area contributed by atoms with E-state index in [0.717, 1.165) is 0 Å². The summed E-state index contributed by atoms with van der Waals surface area (Å²) in [5, 5.41) is 12.8. The zero-order valence-corrected chi connectivity index (χ0v) is 42.8. The van der Waals surface area contributed by atoms with Crippen molar-refractivity contribution in [3.8, 4) is 11.1 Å². The van der Waals surface area contributed by atoms with Crippen LogP contribution >= 0.6 is 15.4 Å². The van der Waals surface area contributed by atoms with Crippen molar-refractivity contribution in [1.82, 2.24) is 5.09 Å². The molecule has 0 aromatic heterocycles. The molecule has 4 aromatic carbocycles. The molecule has 0 bridgehead atoms. The molecule has 0 fully saturated rings. The minimum Gasteiger partial charge on any atom is -0.178 e. The molecule has 1 N–H and O–H groups in total. The molecule has 0 saturated heterocycles. The highest BCUT2D eigenvalue weighted by Gasteiger charge is 2.48. The Morgan fingerprint density at radius 1 is 0.534 bits per heavy atom. The molecule has 0 aliphatic carbocycles. The second-order valence-electron chi connectivity index (χ2n) is 18.1. The summed E-state index contributed by atoms with van der Waals surface area (Å²) in [5.74, 6) is 0. The van der Waals surface area contributed by atoms with Crippen molar-refractivity contribution in [3.05, 3.63) is 102 Å². The van der Waals surface area contributed by atoms with Gasteiger partial charge in [0.1, 0.15) is 18.9 Å². The van der Waals surface area contributed by atoms with Crippen molar-refractivity contribution in [1.29, 1.82) is 0 Å². The van der Waals surface area contributed by atoms with E-state index in [1.165, 1.54) is 130 Å². The lowest BCUT2D eigenvalue weighted by molar-refractivity contribution is 0.763. The Kier molecular flexibility index (Phi) is 20.6. The highest BCUT2D eigenvalue weighted by molar-refractivity contribution is 8.39. The third-order valence-electron chi connectivity index (χ3n) is 13.2. The van der Waals surface area contributed by atoms with E-state index in [9.17, 15) is 0 Å². The normalized spacial score (nSPS) is 13.5. The fraction of sp³-hybridized carbons (Fsp3) is 0.547. The molecular formula is C53H84NP2Si2+. The molecule has 0 aliphatic heterocycles. The zero-order chi connectivity index (χ0) is 42.0. The van der Waals surface area contributed by atoms with Crippen LogP contribution in [0.5, 0.6) is 0 Å². The molecule has 5 heteroatoms. The summed E-state index contributed by atoms with van der Waals surface area (Å²) in [4.78, 5) is 0. The summed E-state index contributed by atoms with van der Waals surface area (Å²) < 4.78 is 0. The first-order chi connectivity index (χ1) is 28.1. The van der Waals surface area contributed by atoms with E-state index in [-0.39, 0.29) is 0 Å². The molecule has 1 nitrogen and oxygen atoms in total. The van der Waals surface area contributed by atoms with Crippen LogP contribution in [0.25, 0.3) is 11.1 Å². The second kappa shape index (κ2) is 24.5. The van der Waals surface area contributed by atoms with E-state index in [0.29, 0.717) is 14.3 Å². The number of rotatable bonds is 27. The number of nitrogens with one attached hydrogen (secondary N) is 1. The molecule has 0 saturated carbocycles. The maximum atomic E-state index is 4.53. The van der Waals surface area contributed by atoms with Gasteiger partial charge in [-0.05, 0) is 68.1 Å². The van der Waals surface area contributed by atoms with Crippen LogP contribution < -0.4 is 31.4 Å². The van der Waals surface area contributed by atoms with Crippen molar-refractivity contribution >= 4 is 57.8 Å². The topological polar surface area (TPSA) is 12.0 Å². The van der Waals surface area contributed by atoms with Gasteiger partial charge in [-0.1, -0.05) is 238 Å². The largest absolute Gasteiger partial charge is 0.178 e. The molecular weight excluding hydrogens is 769 g/mol. The van der Waals surface area contributed by atoms with Gasteiger partial charge in [-0.2, -0.15) is 5.09 Å². The van der Waals surface area contributed by atoms with Crippen LogP contribution in [0.15, 0.2) is 91.0 Å². The summed E-state index contributed by atoms with van der Waals surface area (Å²) in [5.41, 5.74) is 5.95. The molecule has 0 radical (unpaired) electrons. The first-order valence-corrected chi connectivity index (χ1v) is 32.8. The van der Waals surface area contributed by atoms with Gasteiger partial charge in [-0.3, -0.25) is 0 Å². The number of hydrogen-bond acceptors (Lipinski definition) is 1. The van der Waals surface area contributed by atoms with Crippen LogP contribution in [0.3, 0.4) is 0 Å². The average Bonchev–Trinajstić information content (AvgIpc) is 3.23. The SMILES string of the molecule is CCCC[Si](CCCC)(CCCC)c1cccc([P+](NC(C)C)(Pc2cccc([Si](CCCC)(CCCC)CCCC)c2-c2ccccc2C)c2ccccc2C)c1. The van der Waals surface area contributed by atoms with Gasteiger partial charge < -0.3 is 0 Å². The first-order valence-electron chi connectivity index (χ1n) is 23.9. The van der Waals surface area contributed by atoms with E-state index >= 15 is 0 Å². The molecule has 58 heavy (non-hydrogen) atoms. The number of benzene rings is 4. The van der Waals surface area contributed by atoms with Crippen LogP contribution in [0.1, 0.15) is 144 Å². The summed E-state index contributed by atoms with van der Waals surface area (Å²) in [7, 11) is -5.14. The fourth-order valence-electron chi connectivity index (χ4n) is 9.90. The molecule has 4 aromatic rings. The predicted octanol–water partition coefficient (Wildman–Crippen LogP) is 14.9. The average molecular weight is 853 g/mol. The molecule has 0 aliphatic rings. The number of hydrogen-bond donors (Lipinski definition) is 1. The lowest BCUT2D eigenvalue weighted by Crippen LogP contribution is -2.50. The summed E-state index contributed by atoms with van der Waals surface area (Å²) in [6.07, 6.45) is 15.9. The smallest absolute Gasteiger partial charge is 0.165 e. The van der Waals surface area contributed by atoms with Gasteiger partial charge in [0.15, 0.2) is 7.10 Å². The second-order valence-corrected chi connectivity index (χ2v) is 33.4. The lowest BCUT2D eigenvalue weighted by Gasteiger charge is -2.37. The number of aryl methyl sites for hydroxylation is 2. The Labute approximate surface area is 362 Å². The van der Waals surface area contributed by atoms with Gasteiger partial charge in [-0.25, -0.2) is 0 Å². The Balaban J connectivity index is 2.14. The standard InChI is InChI=1S/C53H84NP2Si2/c1-11-17-37-57(38-18-12-2,39-19-13-3)48-32-27-31-47(43-48)56(54-44(7)8,51-35-26-24-30-46(51)10)55-50-34-28-36-52(53(50)49-33-25-23-29-45(49)9)58(40-20-14-4,41-21-15-5)42-22-16-6/h23-36,43-44,54-55H,11-22,37-42H2,1-10H3/q+1. The Bertz CT molecular complexity index is 1760. The maximum absolute atomic E-state index is 4.53. The Morgan fingerprint density at radius 3 is 1.52 bits per heavy atom. The quantitative estimate of drug-likeness (QED) is 0.0465. The lowest BCUT2D eigenvalue weighted by atomic mass is 10.0. The monoisotopic (exact) mass is 853 g/mol. The van der Waals surface area contributed by atoms with E-state index < -0.39 is 23.2 Å². The van der Waals surface area contributed by atoms with Gasteiger partial charge in [0, 0.05) is 11.3 Å². The van der Waals surface area contributed by atoms with E-state index in [1.807, 2.05) is 0 Å². The summed E-state index contributed by atoms with van der Waals surface area (Å²) in [6.45, 7) is 24.0. The van der Waals surface area contributed by atoms with Gasteiger partial charge >= 0.3 is 0 Å². The van der Waals surface area contributed by atoms with Crippen LogP contribution in [0, 0.1) is 13.8 Å². The van der Waals surface area contributed by atoms with Crippen molar-refractivity contribution < 1.29 is 0 Å². The highest BCUT2D eigenvalue weighted by atomic mass is 32.1. The third kappa shape index (κ3) is 12.2. The molecule has 0 amide bonds. The van der Waals surface area contributed by atoms with Crippen molar-refractivity contribution in [2.24, 2.45) is 0 Å². The Morgan fingerprint density at radius 2 is 1.02 bits per heavy atom. The zero-order valence-electron chi connectivity index (χ0n) is 38.9. The van der Waals surface area contributed by atoms with E-state index in [1.54, 1.807) is 31.9 Å². The van der Waals surface area contributed by atoms with Gasteiger partial charge in [-0.15, -0.1) is 0 Å². The molecule has 318 valence electrons. The van der Waals surface area contributed by atoms with Gasteiger partial charge in [0.25, 0.3) is 0 Å². The predicted molar refractivity (Wildman–Crippen MR) is 276 cm³/mol. The fourth-order valence-corrected chi connectivity index (χ4v) is 30.3. The molecule has 2 atom stereocenters. The molecule has 2 unspecified atom stereocenters. The van der Waals surface area contributed by atoms with Crippen LogP contribution in [0.4, 0.5) is 0 Å². The first kappa shape index (κ1) is 48.8. The van der Waals surface area contributed by atoms with Crippen LogP contribution in [0.2, 0.25) is 36.3 Å². The third-order valence-corrected chi connectivity index (χ3v) is 31.9. The van der Waals surface area contributed by atoms with Crippen molar-refractivity contribution in [2.75, 3.05) is 0 Å². The van der Waals surface area contributed by atoms with Crippen molar-refractivity contribution in [3.63, 3.8) is 0 Å². The van der Waals surface area contributed by atoms with E-state index in [2.05, 4.69) is 165 Å². The highest BCUT2D eigenvalue weighted by Crippen LogP contribution is 2.69. The minimum absolute atomic E-state index is 0.351. The minimum atomic E-state index is -2.17. The van der Waals surface area contributed by atoms with Gasteiger partial charge in [0.2, 0.25) is 0 Å². The summed E-state index contributed by atoms with van der Waals surface area (Å²) in [6, 6.07) is 46.0. The number of unbranched alkanes of at least 4 members (excludes halogenated alkanes) is 6. The maximum Gasteiger partial charge on any atom is 0.165 e. The van der Waals surface area contributed by atoms with Gasteiger partial charge in [0.05, 0.1) is 16.1 Å². The molecule has 0 spiro atoms. The molecule has 0 heterocycles.